The molecule has 0 bridgehead atoms. The van der Waals surface area contributed by atoms with Crippen LogP contribution in [-0.4, -0.2) is 4.57 Å². The van der Waals surface area contributed by atoms with Crippen LogP contribution in [0.4, 0.5) is 17.1 Å². The van der Waals surface area contributed by atoms with Gasteiger partial charge in [-0.1, -0.05) is 172 Å². The summed E-state index contributed by atoms with van der Waals surface area (Å²) in [4.78, 5) is 2.39. The molecule has 0 fully saturated rings. The maximum Gasteiger partial charge on any atom is 0.0534 e. The molecule has 0 aliphatic heterocycles. The topological polar surface area (TPSA) is 8.17 Å². The normalized spacial score (nSPS) is 12.7. The molecule has 2 nitrogen and oxygen atoms in total. The van der Waals surface area contributed by atoms with E-state index in [9.17, 15) is 0 Å². The van der Waals surface area contributed by atoms with E-state index in [1.165, 1.54) is 77.3 Å². The second-order valence-corrected chi connectivity index (χ2v) is 16.2. The molecule has 0 spiro atoms. The minimum Gasteiger partial charge on any atom is -0.316 e. The highest BCUT2D eigenvalue weighted by molar-refractivity contribution is 6.05. The molecular formula is C57H42N2. The molecule has 0 N–H and O–H groups in total. The number of fused-ring (bicyclic) bond motifs is 5. The molecule has 1 aromatic heterocycles. The van der Waals surface area contributed by atoms with Crippen molar-refractivity contribution >= 4 is 38.7 Å². The van der Waals surface area contributed by atoms with Gasteiger partial charge < -0.3 is 9.47 Å². The maximum atomic E-state index is 2.41. The standard InChI is InChI=1S/C57H42N2/c1-57(2)54-21-10-8-18-50(54)51-36-35-47(37-55(51)57)59(45-31-25-40(26-32-45)39-13-4-3-5-14-39)46-33-27-42(28-34-46)41-23-29-44(30-24-41)58-38-53(52-19-9-11-22-56(52)58)49-20-12-16-43-15-6-7-17-48(43)49/h3-38H,1-2H3. The van der Waals surface area contributed by atoms with Crippen LogP contribution >= 0.6 is 0 Å². The van der Waals surface area contributed by atoms with Gasteiger partial charge in [-0.2, -0.15) is 0 Å². The third-order valence-corrected chi connectivity index (χ3v) is 12.5. The zero-order valence-electron chi connectivity index (χ0n) is 33.2. The second kappa shape index (κ2) is 13.9. The molecule has 1 heterocycles. The zero-order chi connectivity index (χ0) is 39.5. The summed E-state index contributed by atoms with van der Waals surface area (Å²) < 4.78 is 2.33. The largest absolute Gasteiger partial charge is 0.316 e. The van der Waals surface area contributed by atoms with Gasteiger partial charge in [-0.3, -0.25) is 0 Å². The summed E-state index contributed by atoms with van der Waals surface area (Å²) in [5.41, 5.74) is 18.3. The summed E-state index contributed by atoms with van der Waals surface area (Å²) >= 11 is 0. The lowest BCUT2D eigenvalue weighted by Crippen LogP contribution is -2.16. The lowest BCUT2D eigenvalue weighted by molar-refractivity contribution is 0.660. The van der Waals surface area contributed by atoms with Crippen molar-refractivity contribution in [1.82, 2.24) is 4.57 Å². The molecule has 0 atom stereocenters. The van der Waals surface area contributed by atoms with Gasteiger partial charge in [-0.05, 0) is 115 Å². The Kier molecular flexibility index (Phi) is 8.20. The Bertz CT molecular complexity index is 3150. The van der Waals surface area contributed by atoms with Gasteiger partial charge in [0.05, 0.1) is 5.52 Å². The Morgan fingerprint density at radius 1 is 0.373 bits per heavy atom. The molecule has 0 radical (unpaired) electrons. The number of para-hydroxylation sites is 1. The summed E-state index contributed by atoms with van der Waals surface area (Å²) in [5, 5.41) is 3.77. The summed E-state index contributed by atoms with van der Waals surface area (Å²) in [7, 11) is 0. The highest BCUT2D eigenvalue weighted by Gasteiger charge is 2.35. The quantitative estimate of drug-likeness (QED) is 0.157. The van der Waals surface area contributed by atoms with Crippen molar-refractivity contribution in [3.63, 3.8) is 0 Å². The molecule has 1 aliphatic carbocycles. The van der Waals surface area contributed by atoms with Gasteiger partial charge in [0.1, 0.15) is 0 Å². The van der Waals surface area contributed by atoms with Crippen LogP contribution in [0.15, 0.2) is 219 Å². The smallest absolute Gasteiger partial charge is 0.0534 e. The van der Waals surface area contributed by atoms with E-state index in [1.807, 2.05) is 0 Å². The number of nitrogens with zero attached hydrogens (tertiary/aromatic N) is 2. The Morgan fingerprint density at radius 2 is 0.898 bits per heavy atom. The van der Waals surface area contributed by atoms with Crippen LogP contribution in [0.25, 0.3) is 71.9 Å². The lowest BCUT2D eigenvalue weighted by Gasteiger charge is -2.28. The van der Waals surface area contributed by atoms with Crippen LogP contribution in [0.5, 0.6) is 0 Å². The van der Waals surface area contributed by atoms with E-state index in [-0.39, 0.29) is 5.41 Å². The van der Waals surface area contributed by atoms with Gasteiger partial charge in [-0.15, -0.1) is 0 Å². The summed E-state index contributed by atoms with van der Waals surface area (Å²) in [5.74, 6) is 0. The third-order valence-electron chi connectivity index (χ3n) is 12.5. The average Bonchev–Trinajstić information content (AvgIpc) is 3.79. The minimum atomic E-state index is -0.0920. The molecule has 0 amide bonds. The number of rotatable bonds is 7. The summed E-state index contributed by atoms with van der Waals surface area (Å²) in [6.07, 6.45) is 2.30. The van der Waals surface area contributed by atoms with Gasteiger partial charge in [0.25, 0.3) is 0 Å². The highest BCUT2D eigenvalue weighted by Crippen LogP contribution is 2.50. The first-order chi connectivity index (χ1) is 29.0. The van der Waals surface area contributed by atoms with Gasteiger partial charge in [0.2, 0.25) is 0 Å². The fourth-order valence-electron chi connectivity index (χ4n) is 9.40. The van der Waals surface area contributed by atoms with E-state index < -0.39 is 0 Å². The molecule has 59 heavy (non-hydrogen) atoms. The number of hydrogen-bond donors (Lipinski definition) is 0. The fraction of sp³-hybridized carbons (Fsp3) is 0.0526. The van der Waals surface area contributed by atoms with Crippen LogP contribution in [0, 0.1) is 0 Å². The highest BCUT2D eigenvalue weighted by atomic mass is 15.1. The van der Waals surface area contributed by atoms with E-state index in [0.29, 0.717) is 0 Å². The van der Waals surface area contributed by atoms with Crippen molar-refractivity contribution in [2.24, 2.45) is 0 Å². The Balaban J connectivity index is 0.946. The van der Waals surface area contributed by atoms with Crippen LogP contribution < -0.4 is 4.90 Å². The number of benzene rings is 9. The first-order valence-corrected chi connectivity index (χ1v) is 20.5. The molecule has 0 unspecified atom stereocenters. The Morgan fingerprint density at radius 3 is 1.63 bits per heavy atom. The van der Waals surface area contributed by atoms with E-state index in [0.717, 1.165) is 22.7 Å². The van der Waals surface area contributed by atoms with Crippen molar-refractivity contribution < 1.29 is 0 Å². The molecule has 2 heteroatoms. The predicted octanol–water partition coefficient (Wildman–Crippen LogP) is 15.6. The first-order valence-electron chi connectivity index (χ1n) is 20.5. The van der Waals surface area contributed by atoms with Crippen molar-refractivity contribution in [1.29, 1.82) is 0 Å². The monoisotopic (exact) mass is 754 g/mol. The third kappa shape index (κ3) is 5.87. The average molecular weight is 755 g/mol. The van der Waals surface area contributed by atoms with Crippen LogP contribution in [0.1, 0.15) is 25.0 Å². The van der Waals surface area contributed by atoms with E-state index in [1.54, 1.807) is 0 Å². The summed E-state index contributed by atoms with van der Waals surface area (Å²) in [6, 6.07) is 77.4. The molecular weight excluding hydrogens is 713 g/mol. The van der Waals surface area contributed by atoms with Gasteiger partial charge >= 0.3 is 0 Å². The predicted molar refractivity (Wildman–Crippen MR) is 249 cm³/mol. The fourth-order valence-corrected chi connectivity index (χ4v) is 9.40. The van der Waals surface area contributed by atoms with Gasteiger partial charge in [0.15, 0.2) is 0 Å². The number of aromatic nitrogens is 1. The molecule has 0 saturated carbocycles. The van der Waals surface area contributed by atoms with Crippen molar-refractivity contribution in [3.05, 3.63) is 230 Å². The van der Waals surface area contributed by atoms with Crippen LogP contribution in [0.2, 0.25) is 0 Å². The lowest BCUT2D eigenvalue weighted by atomic mass is 9.82. The van der Waals surface area contributed by atoms with Crippen LogP contribution in [0.3, 0.4) is 0 Å². The molecule has 9 aromatic carbocycles. The summed E-state index contributed by atoms with van der Waals surface area (Å²) in [6.45, 7) is 4.70. The van der Waals surface area contributed by atoms with Crippen molar-refractivity contribution in [3.8, 4) is 50.2 Å². The van der Waals surface area contributed by atoms with E-state index in [2.05, 4.69) is 242 Å². The van der Waals surface area contributed by atoms with Gasteiger partial charge in [0, 0.05) is 45.3 Å². The van der Waals surface area contributed by atoms with Gasteiger partial charge in [-0.25, -0.2) is 0 Å². The molecule has 0 saturated heterocycles. The zero-order valence-corrected chi connectivity index (χ0v) is 33.2. The first kappa shape index (κ1) is 34.8. The Labute approximate surface area is 345 Å². The SMILES string of the molecule is CC1(C)c2ccccc2-c2ccc(N(c3ccc(-c4ccccc4)cc3)c3ccc(-c4ccc(-n5cc(-c6cccc7ccccc67)c6ccccc65)cc4)cc3)cc21. The van der Waals surface area contributed by atoms with Crippen molar-refractivity contribution in [2.75, 3.05) is 4.90 Å². The van der Waals surface area contributed by atoms with Crippen LogP contribution in [-0.2, 0) is 5.41 Å². The van der Waals surface area contributed by atoms with E-state index in [4.69, 9.17) is 0 Å². The molecule has 10 aromatic rings. The van der Waals surface area contributed by atoms with E-state index >= 15 is 0 Å². The number of anilines is 3. The molecule has 11 rings (SSSR count). The van der Waals surface area contributed by atoms with Crippen molar-refractivity contribution in [2.45, 2.75) is 19.3 Å². The molecule has 280 valence electrons. The molecule has 1 aliphatic rings. The number of hydrogen-bond acceptors (Lipinski definition) is 1. The minimum absolute atomic E-state index is 0.0920. The second-order valence-electron chi connectivity index (χ2n) is 16.2. The maximum absolute atomic E-state index is 2.41. The Hall–Kier alpha value is -7.42.